The predicted molar refractivity (Wildman–Crippen MR) is 127 cm³/mol. The second-order valence-corrected chi connectivity index (χ2v) is 8.00. The number of ketones is 1. The van der Waals surface area contributed by atoms with Crippen molar-refractivity contribution >= 4 is 11.9 Å². The summed E-state index contributed by atoms with van der Waals surface area (Å²) in [6, 6.07) is 19.0. The lowest BCUT2D eigenvalue weighted by Crippen LogP contribution is -2.20. The van der Waals surface area contributed by atoms with Crippen molar-refractivity contribution in [3.05, 3.63) is 89.0 Å². The summed E-state index contributed by atoms with van der Waals surface area (Å²) in [5.41, 5.74) is 5.47. The van der Waals surface area contributed by atoms with E-state index in [2.05, 4.69) is 32.0 Å². The molecular weight excluding hydrogens is 386 g/mol. The van der Waals surface area contributed by atoms with Crippen molar-refractivity contribution in [1.82, 2.24) is 4.90 Å². The Kier molecular flexibility index (Phi) is 7.27. The highest BCUT2D eigenvalue weighted by atomic mass is 16.5. The monoisotopic (exact) mass is 415 g/mol. The van der Waals surface area contributed by atoms with Gasteiger partial charge in [0.2, 0.25) is 0 Å². The second-order valence-electron chi connectivity index (χ2n) is 8.00. The molecule has 4 heteroatoms. The van der Waals surface area contributed by atoms with E-state index in [9.17, 15) is 9.90 Å². The van der Waals surface area contributed by atoms with Crippen LogP contribution in [0.1, 0.15) is 27.0 Å². The number of phenols is 1. The lowest BCUT2D eigenvalue weighted by atomic mass is 9.97. The van der Waals surface area contributed by atoms with Crippen molar-refractivity contribution < 1.29 is 14.6 Å². The number of hydrogen-bond donors (Lipinski definition) is 1. The summed E-state index contributed by atoms with van der Waals surface area (Å²) in [5, 5.41) is 9.97. The van der Waals surface area contributed by atoms with Crippen LogP contribution in [0.4, 0.5) is 0 Å². The van der Waals surface area contributed by atoms with Crippen molar-refractivity contribution in [3.63, 3.8) is 0 Å². The summed E-state index contributed by atoms with van der Waals surface area (Å²) in [5.74, 6) is 0.522. The Morgan fingerprint density at radius 3 is 2.35 bits per heavy atom. The van der Waals surface area contributed by atoms with Crippen LogP contribution in [0.25, 0.3) is 17.2 Å². The van der Waals surface area contributed by atoms with Crippen molar-refractivity contribution in [2.45, 2.75) is 13.8 Å². The molecule has 0 aliphatic carbocycles. The summed E-state index contributed by atoms with van der Waals surface area (Å²) >= 11 is 0. The number of likely N-dealkylation sites (N-methyl/N-ethyl adjacent to an activating group) is 1. The number of ether oxygens (including phenoxy) is 1. The van der Waals surface area contributed by atoms with Gasteiger partial charge in [-0.25, -0.2) is 0 Å². The molecule has 0 fully saturated rings. The highest BCUT2D eigenvalue weighted by molar-refractivity contribution is 6.09. The molecule has 0 aromatic heterocycles. The van der Waals surface area contributed by atoms with Gasteiger partial charge in [0, 0.05) is 12.1 Å². The van der Waals surface area contributed by atoms with E-state index in [0.717, 1.165) is 17.7 Å². The number of carbonyl (C=O) groups excluding carboxylic acids is 1. The average molecular weight is 416 g/mol. The fraction of sp³-hybridized carbons (Fsp3) is 0.222. The van der Waals surface area contributed by atoms with Crippen LogP contribution in [-0.4, -0.2) is 43.0 Å². The van der Waals surface area contributed by atoms with Gasteiger partial charge in [0.25, 0.3) is 0 Å². The standard InChI is InChI=1S/C27H29NO3/c1-19-15-20(2)17-23(16-19)22-10-12-27(31-14-13-28(3)4)24(18-22)26(30)11-9-21-7-5-6-8-25(21)29/h5-12,15-18,29H,13-14H2,1-4H3/b11-9+. The van der Waals surface area contributed by atoms with Gasteiger partial charge >= 0.3 is 0 Å². The van der Waals surface area contributed by atoms with Gasteiger partial charge < -0.3 is 14.7 Å². The first-order valence-electron chi connectivity index (χ1n) is 10.3. The molecule has 3 aromatic carbocycles. The molecule has 4 nitrogen and oxygen atoms in total. The quantitative estimate of drug-likeness (QED) is 0.389. The molecular formula is C27H29NO3. The molecule has 0 heterocycles. The highest BCUT2D eigenvalue weighted by Crippen LogP contribution is 2.29. The van der Waals surface area contributed by atoms with Crippen molar-refractivity contribution in [2.24, 2.45) is 0 Å². The topological polar surface area (TPSA) is 49.8 Å². The van der Waals surface area contributed by atoms with Gasteiger partial charge in [-0.3, -0.25) is 4.79 Å². The number of para-hydroxylation sites is 1. The number of nitrogens with zero attached hydrogens (tertiary/aromatic N) is 1. The molecule has 160 valence electrons. The van der Waals surface area contributed by atoms with Crippen molar-refractivity contribution in [1.29, 1.82) is 0 Å². The first kappa shape index (κ1) is 22.3. The van der Waals surface area contributed by atoms with Gasteiger partial charge in [-0.1, -0.05) is 53.6 Å². The van der Waals surface area contributed by atoms with E-state index in [1.54, 1.807) is 24.3 Å². The summed E-state index contributed by atoms with van der Waals surface area (Å²) < 4.78 is 5.94. The molecule has 0 amide bonds. The van der Waals surface area contributed by atoms with Gasteiger partial charge in [0.1, 0.15) is 18.1 Å². The van der Waals surface area contributed by atoms with Crippen molar-refractivity contribution in [3.8, 4) is 22.6 Å². The predicted octanol–water partition coefficient (Wildman–Crippen LogP) is 5.51. The van der Waals surface area contributed by atoms with Gasteiger partial charge in [-0.05, 0) is 69.4 Å². The van der Waals surface area contributed by atoms with Crippen LogP contribution in [-0.2, 0) is 0 Å². The highest BCUT2D eigenvalue weighted by Gasteiger charge is 2.13. The lowest BCUT2D eigenvalue weighted by Gasteiger charge is -2.15. The minimum absolute atomic E-state index is 0.137. The number of hydrogen-bond acceptors (Lipinski definition) is 4. The van der Waals surface area contributed by atoms with Crippen LogP contribution >= 0.6 is 0 Å². The summed E-state index contributed by atoms with van der Waals surface area (Å²) in [6.45, 7) is 5.37. The Balaban J connectivity index is 1.96. The summed E-state index contributed by atoms with van der Waals surface area (Å²) in [4.78, 5) is 15.1. The van der Waals surface area contributed by atoms with E-state index in [0.29, 0.717) is 23.5 Å². The minimum Gasteiger partial charge on any atom is -0.507 e. The number of carbonyl (C=O) groups is 1. The molecule has 0 saturated carbocycles. The largest absolute Gasteiger partial charge is 0.507 e. The van der Waals surface area contributed by atoms with E-state index >= 15 is 0 Å². The number of phenolic OH excluding ortho intramolecular Hbond substituents is 1. The smallest absolute Gasteiger partial charge is 0.189 e. The third-order valence-corrected chi connectivity index (χ3v) is 4.95. The number of rotatable bonds is 8. The lowest BCUT2D eigenvalue weighted by molar-refractivity contribution is 0.104. The Morgan fingerprint density at radius 1 is 0.968 bits per heavy atom. The van der Waals surface area contributed by atoms with Crippen LogP contribution in [0.2, 0.25) is 0 Å². The second kappa shape index (κ2) is 10.1. The van der Waals surface area contributed by atoms with Crippen molar-refractivity contribution in [2.75, 3.05) is 27.2 Å². The zero-order chi connectivity index (χ0) is 22.4. The van der Waals surface area contributed by atoms with Gasteiger partial charge in [-0.2, -0.15) is 0 Å². The molecule has 0 radical (unpaired) electrons. The van der Waals surface area contributed by atoms with Crippen LogP contribution in [0, 0.1) is 13.8 Å². The Bertz CT molecular complexity index is 1080. The van der Waals surface area contributed by atoms with Crippen LogP contribution in [0.5, 0.6) is 11.5 Å². The van der Waals surface area contributed by atoms with Gasteiger partial charge in [-0.15, -0.1) is 0 Å². The third-order valence-electron chi connectivity index (χ3n) is 4.95. The number of aromatic hydroxyl groups is 1. The summed E-state index contributed by atoms with van der Waals surface area (Å²) in [6.07, 6.45) is 3.11. The van der Waals surface area contributed by atoms with Crippen LogP contribution in [0.3, 0.4) is 0 Å². The maximum Gasteiger partial charge on any atom is 0.189 e. The third kappa shape index (κ3) is 6.06. The molecule has 3 aromatic rings. The van der Waals surface area contributed by atoms with Crippen LogP contribution in [0.15, 0.2) is 66.7 Å². The van der Waals surface area contributed by atoms with E-state index < -0.39 is 0 Å². The van der Waals surface area contributed by atoms with E-state index in [-0.39, 0.29) is 11.5 Å². The SMILES string of the molecule is Cc1cc(C)cc(-c2ccc(OCCN(C)C)c(C(=O)/C=C/c3ccccc3O)c2)c1. The molecule has 0 aliphatic heterocycles. The zero-order valence-corrected chi connectivity index (χ0v) is 18.6. The summed E-state index contributed by atoms with van der Waals surface area (Å²) in [7, 11) is 3.96. The van der Waals surface area contributed by atoms with Gasteiger partial charge in [0.15, 0.2) is 5.78 Å². The minimum atomic E-state index is -0.172. The van der Waals surface area contributed by atoms with Crippen LogP contribution < -0.4 is 4.74 Å². The maximum atomic E-state index is 13.1. The first-order valence-corrected chi connectivity index (χ1v) is 10.3. The molecule has 0 aliphatic rings. The number of allylic oxidation sites excluding steroid dienone is 1. The Labute approximate surface area is 184 Å². The van der Waals surface area contributed by atoms with E-state index in [1.807, 2.05) is 43.3 Å². The van der Waals surface area contributed by atoms with E-state index in [1.165, 1.54) is 17.2 Å². The first-order chi connectivity index (χ1) is 14.8. The Morgan fingerprint density at radius 2 is 1.68 bits per heavy atom. The molecule has 3 rings (SSSR count). The maximum absolute atomic E-state index is 13.1. The van der Waals surface area contributed by atoms with Gasteiger partial charge in [0.05, 0.1) is 5.56 Å². The fourth-order valence-electron chi connectivity index (χ4n) is 3.39. The zero-order valence-electron chi connectivity index (χ0n) is 18.6. The molecule has 31 heavy (non-hydrogen) atoms. The molecule has 0 bridgehead atoms. The molecule has 0 saturated heterocycles. The Hall–Kier alpha value is -3.37. The normalized spacial score (nSPS) is 11.3. The molecule has 0 unspecified atom stereocenters. The molecule has 1 N–H and O–H groups in total. The average Bonchev–Trinajstić information content (AvgIpc) is 2.72. The number of benzene rings is 3. The fourth-order valence-corrected chi connectivity index (χ4v) is 3.39. The number of aryl methyl sites for hydroxylation is 2. The molecule has 0 atom stereocenters. The molecule has 0 spiro atoms. The van der Waals surface area contributed by atoms with E-state index in [4.69, 9.17) is 4.74 Å².